The van der Waals surface area contributed by atoms with Crippen LogP contribution in [0.1, 0.15) is 11.3 Å². The largest absolute Gasteiger partial charge is 0.466 e. The summed E-state index contributed by atoms with van der Waals surface area (Å²) < 4.78 is 48.6. The molecule has 0 fully saturated rings. The molecular weight excluding hydrogens is 401 g/mol. The Labute approximate surface area is 142 Å². The van der Waals surface area contributed by atoms with E-state index in [1.54, 1.807) is 0 Å². The van der Waals surface area contributed by atoms with Crippen molar-refractivity contribution in [2.45, 2.75) is 6.18 Å². The molecule has 8 heteroatoms. The number of alkyl halides is 3. The quantitative estimate of drug-likeness (QED) is 0.492. The zero-order valence-electron chi connectivity index (χ0n) is 11.6. The minimum Gasteiger partial charge on any atom is -0.466 e. The van der Waals surface area contributed by atoms with Crippen LogP contribution in [0.5, 0.6) is 0 Å². The number of hydrogen-bond donors (Lipinski definition) is 0. The van der Waals surface area contributed by atoms with Gasteiger partial charge in [0, 0.05) is 16.1 Å². The second-order valence-electron chi connectivity index (χ2n) is 4.37. The van der Waals surface area contributed by atoms with Gasteiger partial charge in [-0.25, -0.2) is 4.79 Å². The molecule has 2 rings (SSSR count). The molecule has 0 unspecified atom stereocenters. The second kappa shape index (κ2) is 6.80. The summed E-state index contributed by atoms with van der Waals surface area (Å²) in [6.45, 7) is 0. The Balaban J connectivity index is 2.41. The van der Waals surface area contributed by atoms with Gasteiger partial charge in [-0.05, 0) is 30.3 Å². The minimum absolute atomic E-state index is 0.0971. The molecule has 0 saturated heterocycles. The van der Waals surface area contributed by atoms with Crippen LogP contribution in [0.3, 0.4) is 0 Å². The molecular formula is C15H9BrClF3O3. The van der Waals surface area contributed by atoms with Crippen molar-refractivity contribution in [3.63, 3.8) is 0 Å². The van der Waals surface area contributed by atoms with Gasteiger partial charge in [0.1, 0.15) is 11.5 Å². The van der Waals surface area contributed by atoms with Crippen LogP contribution >= 0.6 is 27.5 Å². The van der Waals surface area contributed by atoms with Crippen LogP contribution in [-0.2, 0) is 15.7 Å². The first-order valence-electron chi connectivity index (χ1n) is 6.15. The predicted octanol–water partition coefficient (Wildman–Crippen LogP) is 5.57. The zero-order chi connectivity index (χ0) is 17.2. The Morgan fingerprint density at radius 3 is 2.65 bits per heavy atom. The fourth-order valence-electron chi connectivity index (χ4n) is 1.76. The highest BCUT2D eigenvalue weighted by Crippen LogP contribution is 2.41. The Hall–Kier alpha value is -1.73. The third-order valence-corrected chi connectivity index (χ3v) is 3.81. The van der Waals surface area contributed by atoms with Crippen LogP contribution < -0.4 is 0 Å². The van der Waals surface area contributed by atoms with E-state index in [-0.39, 0.29) is 26.6 Å². The van der Waals surface area contributed by atoms with Crippen molar-refractivity contribution in [3.05, 3.63) is 51.2 Å². The number of carbonyl (C=O) groups excluding carboxylic acids is 1. The van der Waals surface area contributed by atoms with Gasteiger partial charge in [-0.2, -0.15) is 13.2 Å². The van der Waals surface area contributed by atoms with Gasteiger partial charge in [-0.1, -0.05) is 27.5 Å². The van der Waals surface area contributed by atoms with Crippen molar-refractivity contribution in [2.24, 2.45) is 0 Å². The van der Waals surface area contributed by atoms with Crippen molar-refractivity contribution < 1.29 is 27.1 Å². The molecule has 1 heterocycles. The Kier molecular flexibility index (Phi) is 5.21. The third-order valence-electron chi connectivity index (χ3n) is 2.84. The fraction of sp³-hybridized carbons (Fsp3) is 0.133. The summed E-state index contributed by atoms with van der Waals surface area (Å²) in [4.78, 5) is 11.0. The van der Waals surface area contributed by atoms with Gasteiger partial charge in [0.2, 0.25) is 0 Å². The highest BCUT2D eigenvalue weighted by molar-refractivity contribution is 9.10. The van der Waals surface area contributed by atoms with Crippen LogP contribution in [0.25, 0.3) is 17.4 Å². The normalized spacial score (nSPS) is 11.9. The fourth-order valence-corrected chi connectivity index (χ4v) is 2.72. The number of furan rings is 1. The zero-order valence-corrected chi connectivity index (χ0v) is 13.9. The predicted molar refractivity (Wildman–Crippen MR) is 82.9 cm³/mol. The van der Waals surface area contributed by atoms with E-state index in [9.17, 15) is 18.0 Å². The molecule has 122 valence electrons. The molecule has 3 nitrogen and oxygen atoms in total. The highest BCUT2D eigenvalue weighted by atomic mass is 79.9. The molecule has 0 N–H and O–H groups in total. The van der Waals surface area contributed by atoms with Crippen molar-refractivity contribution in [3.8, 4) is 11.3 Å². The maximum absolute atomic E-state index is 13.0. The van der Waals surface area contributed by atoms with Crippen molar-refractivity contribution in [2.75, 3.05) is 7.11 Å². The number of methoxy groups -OCH3 is 1. The van der Waals surface area contributed by atoms with Crippen molar-refractivity contribution in [1.29, 1.82) is 0 Å². The van der Waals surface area contributed by atoms with Gasteiger partial charge in [-0.15, -0.1) is 0 Å². The third kappa shape index (κ3) is 4.17. The van der Waals surface area contributed by atoms with Crippen molar-refractivity contribution in [1.82, 2.24) is 0 Å². The number of rotatable bonds is 3. The topological polar surface area (TPSA) is 39.4 Å². The molecule has 0 spiro atoms. The van der Waals surface area contributed by atoms with Crippen LogP contribution in [0.15, 0.2) is 39.2 Å². The molecule has 23 heavy (non-hydrogen) atoms. The lowest BCUT2D eigenvalue weighted by atomic mass is 10.1. The van der Waals surface area contributed by atoms with Gasteiger partial charge in [0.15, 0.2) is 0 Å². The average molecular weight is 410 g/mol. The lowest BCUT2D eigenvalue weighted by Crippen LogP contribution is -2.06. The molecule has 0 amide bonds. The highest BCUT2D eigenvalue weighted by Gasteiger charge is 2.34. The summed E-state index contributed by atoms with van der Waals surface area (Å²) in [7, 11) is 1.22. The summed E-state index contributed by atoms with van der Waals surface area (Å²) in [6, 6.07) is 5.03. The van der Waals surface area contributed by atoms with Gasteiger partial charge >= 0.3 is 12.1 Å². The summed E-state index contributed by atoms with van der Waals surface area (Å²) in [6.07, 6.45) is -2.06. The van der Waals surface area contributed by atoms with Crippen LogP contribution in [0.4, 0.5) is 13.2 Å². The van der Waals surface area contributed by atoms with E-state index in [0.29, 0.717) is 0 Å². The molecule has 0 atom stereocenters. The van der Waals surface area contributed by atoms with Crippen LogP contribution in [0.2, 0.25) is 5.02 Å². The standard InChI is InChI=1S/C15H9BrClF3O3/c1-22-14(21)5-3-8-2-4-13(23-8)9-6-10(15(18,19)20)11(16)7-12(9)17/h2-7H,1H3/b5-3+. The van der Waals surface area contributed by atoms with Gasteiger partial charge in [0.25, 0.3) is 0 Å². The number of ether oxygens (including phenoxy) is 1. The monoisotopic (exact) mass is 408 g/mol. The number of benzene rings is 1. The Morgan fingerprint density at radius 2 is 2.04 bits per heavy atom. The molecule has 0 aliphatic carbocycles. The summed E-state index contributed by atoms with van der Waals surface area (Å²) in [5.74, 6) is -0.153. The van der Waals surface area contributed by atoms with E-state index in [1.807, 2.05) is 0 Å². The van der Waals surface area contributed by atoms with Crippen LogP contribution in [-0.4, -0.2) is 13.1 Å². The maximum Gasteiger partial charge on any atom is 0.417 e. The SMILES string of the molecule is COC(=O)/C=C/c1ccc(-c2cc(C(F)(F)F)c(Br)cc2Cl)o1. The number of esters is 1. The van der Waals surface area contributed by atoms with Crippen molar-refractivity contribution >= 4 is 39.6 Å². The number of halogens is 5. The minimum atomic E-state index is -4.53. The van der Waals surface area contributed by atoms with E-state index < -0.39 is 17.7 Å². The summed E-state index contributed by atoms with van der Waals surface area (Å²) >= 11 is 8.84. The molecule has 0 radical (unpaired) electrons. The summed E-state index contributed by atoms with van der Waals surface area (Å²) in [5.41, 5.74) is -0.764. The lowest BCUT2D eigenvalue weighted by molar-refractivity contribution is -0.138. The maximum atomic E-state index is 13.0. The molecule has 1 aromatic carbocycles. The second-order valence-corrected chi connectivity index (χ2v) is 5.63. The first-order valence-corrected chi connectivity index (χ1v) is 7.32. The number of hydrogen-bond acceptors (Lipinski definition) is 3. The van der Waals surface area contributed by atoms with Gasteiger partial charge in [-0.3, -0.25) is 0 Å². The Morgan fingerprint density at radius 1 is 1.35 bits per heavy atom. The smallest absolute Gasteiger partial charge is 0.417 e. The molecule has 0 aliphatic rings. The lowest BCUT2D eigenvalue weighted by Gasteiger charge is -2.11. The first kappa shape index (κ1) is 17.6. The molecule has 0 bridgehead atoms. The first-order chi connectivity index (χ1) is 10.7. The molecule has 2 aromatic rings. The van der Waals surface area contributed by atoms with Gasteiger partial charge in [0.05, 0.1) is 17.7 Å². The molecule has 0 saturated carbocycles. The van der Waals surface area contributed by atoms with E-state index >= 15 is 0 Å². The molecule has 0 aliphatic heterocycles. The van der Waals surface area contributed by atoms with Gasteiger partial charge < -0.3 is 9.15 Å². The van der Waals surface area contributed by atoms with E-state index in [0.717, 1.165) is 18.2 Å². The summed E-state index contributed by atoms with van der Waals surface area (Å²) in [5, 5.41) is 0.0997. The van der Waals surface area contributed by atoms with E-state index in [2.05, 4.69) is 20.7 Å². The molecule has 1 aromatic heterocycles. The number of carbonyl (C=O) groups is 1. The van der Waals surface area contributed by atoms with Crippen LogP contribution in [0, 0.1) is 0 Å². The average Bonchev–Trinajstić information content (AvgIpc) is 2.92. The Bertz CT molecular complexity index is 766. The van der Waals surface area contributed by atoms with E-state index in [1.165, 1.54) is 25.3 Å². The van der Waals surface area contributed by atoms with E-state index in [4.69, 9.17) is 16.0 Å².